The molecule has 1 saturated heterocycles. The van der Waals surface area contributed by atoms with Crippen molar-refractivity contribution in [3.63, 3.8) is 0 Å². The number of nitrogens with zero attached hydrogens (tertiary/aromatic N) is 1. The van der Waals surface area contributed by atoms with E-state index in [1.165, 1.54) is 38.9 Å². The molecule has 0 N–H and O–H groups in total. The maximum absolute atomic E-state index is 5.65. The first-order chi connectivity index (χ1) is 10.4. The van der Waals surface area contributed by atoms with Crippen LogP contribution >= 0.6 is 0 Å². The van der Waals surface area contributed by atoms with Gasteiger partial charge in [0.1, 0.15) is 0 Å². The van der Waals surface area contributed by atoms with Crippen molar-refractivity contribution in [3.05, 3.63) is 0 Å². The SMILES string of the molecule is CCCN(CCC)CCC.C[SiH]1O[SiH](C)O[SiH](C)O[SiH](C)O1. The van der Waals surface area contributed by atoms with E-state index in [0.29, 0.717) is 0 Å². The summed E-state index contributed by atoms with van der Waals surface area (Å²) >= 11 is 0. The quantitative estimate of drug-likeness (QED) is 0.656. The van der Waals surface area contributed by atoms with Crippen LogP contribution < -0.4 is 0 Å². The predicted octanol–water partition coefficient (Wildman–Crippen LogP) is 1.99. The lowest BCUT2D eigenvalue weighted by Crippen LogP contribution is -2.44. The molecule has 5 nitrogen and oxygen atoms in total. The average Bonchev–Trinajstić information content (AvgIpc) is 2.38. The fourth-order valence-corrected chi connectivity index (χ4v) is 14.5. The van der Waals surface area contributed by atoms with Gasteiger partial charge in [0, 0.05) is 0 Å². The minimum atomic E-state index is -1.42. The highest BCUT2D eigenvalue weighted by atomic mass is 28.5. The van der Waals surface area contributed by atoms with Crippen molar-refractivity contribution in [2.24, 2.45) is 0 Å². The molecular formula is C13H37NO4Si4. The molecule has 0 unspecified atom stereocenters. The first-order valence-corrected chi connectivity index (χ1v) is 17.2. The number of hydrogen-bond acceptors (Lipinski definition) is 5. The van der Waals surface area contributed by atoms with Gasteiger partial charge in [-0.25, -0.2) is 0 Å². The van der Waals surface area contributed by atoms with Gasteiger partial charge in [-0.2, -0.15) is 0 Å². The zero-order valence-electron chi connectivity index (χ0n) is 15.6. The van der Waals surface area contributed by atoms with E-state index in [-0.39, 0.29) is 0 Å². The summed E-state index contributed by atoms with van der Waals surface area (Å²) in [6.07, 6.45) is 3.88. The molecule has 134 valence electrons. The van der Waals surface area contributed by atoms with Crippen molar-refractivity contribution < 1.29 is 16.5 Å². The molecule has 0 aromatic heterocycles. The van der Waals surface area contributed by atoms with Crippen LogP contribution in [0.25, 0.3) is 0 Å². The molecule has 0 aromatic rings. The molecule has 9 heteroatoms. The molecule has 1 fully saturated rings. The standard InChI is InChI=1S/C9H21N.C4H16O4Si4/c1-4-7-10(8-5-2)9-6-3;1-9-5-10(2)7-12(4)8-11(3)6-9/h4-9H2,1-3H3;9-12H,1-4H3. The third-order valence-electron chi connectivity index (χ3n) is 3.15. The molecule has 0 spiro atoms. The molecule has 0 amide bonds. The lowest BCUT2D eigenvalue weighted by molar-refractivity contribution is 0.275. The Hall–Kier alpha value is 0.668. The summed E-state index contributed by atoms with van der Waals surface area (Å²) in [5, 5.41) is 0. The summed E-state index contributed by atoms with van der Waals surface area (Å²) in [7, 11) is -5.66. The Morgan fingerprint density at radius 2 is 0.773 bits per heavy atom. The molecule has 1 heterocycles. The molecule has 0 aliphatic carbocycles. The average molecular weight is 384 g/mol. The van der Waals surface area contributed by atoms with Crippen LogP contribution in [0.5, 0.6) is 0 Å². The molecule has 0 atom stereocenters. The van der Waals surface area contributed by atoms with E-state index in [9.17, 15) is 0 Å². The first kappa shape index (κ1) is 22.7. The van der Waals surface area contributed by atoms with E-state index in [1.54, 1.807) is 0 Å². The zero-order valence-corrected chi connectivity index (χ0v) is 20.3. The van der Waals surface area contributed by atoms with Crippen LogP contribution in [0.1, 0.15) is 40.0 Å². The predicted molar refractivity (Wildman–Crippen MR) is 104 cm³/mol. The number of hydrogen-bond donors (Lipinski definition) is 0. The molecule has 22 heavy (non-hydrogen) atoms. The van der Waals surface area contributed by atoms with Gasteiger partial charge in [0.2, 0.25) is 0 Å². The Morgan fingerprint density at radius 3 is 0.955 bits per heavy atom. The van der Waals surface area contributed by atoms with Gasteiger partial charge in [-0.1, -0.05) is 20.8 Å². The minimum absolute atomic E-state index is 1.28. The summed E-state index contributed by atoms with van der Waals surface area (Å²) in [4.78, 5) is 2.54. The van der Waals surface area contributed by atoms with Gasteiger partial charge in [0.15, 0.2) is 0 Å². The smallest absolute Gasteiger partial charge is 0.300 e. The molecule has 0 radical (unpaired) electrons. The Labute approximate surface area is 144 Å². The Kier molecular flexibility index (Phi) is 14.5. The second-order valence-corrected chi connectivity index (χ2v) is 14.6. The third kappa shape index (κ3) is 12.1. The fraction of sp³-hybridized carbons (Fsp3) is 1.00. The molecule has 1 aliphatic rings. The molecule has 0 bridgehead atoms. The second-order valence-electron chi connectivity index (χ2n) is 5.66. The van der Waals surface area contributed by atoms with Crippen LogP contribution in [-0.4, -0.2) is 61.7 Å². The maximum Gasteiger partial charge on any atom is 0.300 e. The van der Waals surface area contributed by atoms with Crippen LogP contribution in [-0.2, 0) is 16.5 Å². The zero-order chi connectivity index (χ0) is 17.0. The van der Waals surface area contributed by atoms with E-state index >= 15 is 0 Å². The van der Waals surface area contributed by atoms with Crippen LogP contribution in [0.3, 0.4) is 0 Å². The van der Waals surface area contributed by atoms with Crippen molar-refractivity contribution in [2.45, 2.75) is 66.2 Å². The third-order valence-corrected chi connectivity index (χ3v) is 15.4. The van der Waals surface area contributed by atoms with Crippen LogP contribution in [0.2, 0.25) is 26.2 Å². The van der Waals surface area contributed by atoms with Gasteiger partial charge in [0.25, 0.3) is 37.1 Å². The monoisotopic (exact) mass is 383 g/mol. The minimum Gasteiger partial charge on any atom is -0.420 e. The summed E-state index contributed by atoms with van der Waals surface area (Å²) in [6, 6.07) is 0. The largest absolute Gasteiger partial charge is 0.420 e. The van der Waals surface area contributed by atoms with E-state index in [0.717, 1.165) is 0 Å². The highest BCUT2D eigenvalue weighted by Gasteiger charge is 2.25. The lowest BCUT2D eigenvalue weighted by atomic mass is 10.3. The van der Waals surface area contributed by atoms with Crippen LogP contribution in [0.15, 0.2) is 0 Å². The van der Waals surface area contributed by atoms with Crippen molar-refractivity contribution in [1.29, 1.82) is 0 Å². The van der Waals surface area contributed by atoms with Gasteiger partial charge >= 0.3 is 0 Å². The molecule has 0 aromatic carbocycles. The van der Waals surface area contributed by atoms with Crippen LogP contribution in [0, 0.1) is 0 Å². The molecule has 1 rings (SSSR count). The summed E-state index contributed by atoms with van der Waals surface area (Å²) in [6.45, 7) is 18.7. The fourth-order valence-electron chi connectivity index (χ4n) is 2.49. The normalized spacial score (nSPS) is 29.5. The second kappa shape index (κ2) is 14.0. The van der Waals surface area contributed by atoms with Crippen LogP contribution in [0.4, 0.5) is 0 Å². The highest BCUT2D eigenvalue weighted by molar-refractivity contribution is 6.72. The van der Waals surface area contributed by atoms with Gasteiger partial charge in [0.05, 0.1) is 0 Å². The number of rotatable bonds is 6. The van der Waals surface area contributed by atoms with Gasteiger partial charge in [-0.05, 0) is 65.1 Å². The highest BCUT2D eigenvalue weighted by Crippen LogP contribution is 2.06. The summed E-state index contributed by atoms with van der Waals surface area (Å²) in [5.74, 6) is 0. The van der Waals surface area contributed by atoms with Gasteiger partial charge < -0.3 is 21.4 Å². The first-order valence-electron chi connectivity index (χ1n) is 8.77. The van der Waals surface area contributed by atoms with E-state index in [1.807, 2.05) is 26.2 Å². The van der Waals surface area contributed by atoms with Crippen molar-refractivity contribution in [2.75, 3.05) is 19.6 Å². The van der Waals surface area contributed by atoms with Crippen molar-refractivity contribution >= 4 is 37.1 Å². The lowest BCUT2D eigenvalue weighted by Gasteiger charge is -2.28. The molecular weight excluding hydrogens is 346 g/mol. The van der Waals surface area contributed by atoms with E-state index in [2.05, 4.69) is 25.7 Å². The Balaban J connectivity index is 0.000000409. The Morgan fingerprint density at radius 1 is 0.545 bits per heavy atom. The van der Waals surface area contributed by atoms with E-state index < -0.39 is 37.1 Å². The van der Waals surface area contributed by atoms with Gasteiger partial charge in [-0.3, -0.25) is 0 Å². The topological polar surface area (TPSA) is 40.2 Å². The van der Waals surface area contributed by atoms with E-state index in [4.69, 9.17) is 16.5 Å². The maximum atomic E-state index is 5.65. The van der Waals surface area contributed by atoms with Crippen molar-refractivity contribution in [1.82, 2.24) is 4.90 Å². The summed E-state index contributed by atoms with van der Waals surface area (Å²) < 4.78 is 22.6. The van der Waals surface area contributed by atoms with Gasteiger partial charge in [-0.15, -0.1) is 0 Å². The van der Waals surface area contributed by atoms with Crippen molar-refractivity contribution in [3.8, 4) is 0 Å². The Bertz CT molecular complexity index is 212. The molecule has 1 aliphatic heterocycles. The molecule has 0 saturated carbocycles. The summed E-state index contributed by atoms with van der Waals surface area (Å²) in [5.41, 5.74) is 0.